The van der Waals surface area contributed by atoms with Gasteiger partial charge >= 0.3 is 24.2 Å². The fraction of sp³-hybridized carbons (Fsp3) is 0.867. The molecule has 0 aromatic heterocycles. The van der Waals surface area contributed by atoms with Crippen molar-refractivity contribution in [3.8, 4) is 0 Å². The molecule has 2 heterocycles. The van der Waals surface area contributed by atoms with E-state index in [-0.39, 0.29) is 24.3 Å². The van der Waals surface area contributed by atoms with Gasteiger partial charge in [0.2, 0.25) is 0 Å². The highest BCUT2D eigenvalue weighted by molar-refractivity contribution is 5.76. The van der Waals surface area contributed by atoms with Gasteiger partial charge < -0.3 is 40.5 Å². The van der Waals surface area contributed by atoms with Crippen LogP contribution in [0.15, 0.2) is 0 Å². The van der Waals surface area contributed by atoms with Gasteiger partial charge in [0.05, 0.1) is 0 Å². The molecule has 2 saturated heterocycles. The summed E-state index contributed by atoms with van der Waals surface area (Å²) in [5, 5.41) is 11.1. The Labute approximate surface area is 252 Å². The number of piperidine rings is 2. The van der Waals surface area contributed by atoms with Gasteiger partial charge in [-0.25, -0.2) is 19.2 Å². The van der Waals surface area contributed by atoms with E-state index >= 15 is 0 Å². The summed E-state index contributed by atoms with van der Waals surface area (Å²) in [5.41, 5.74) is -1.81. The minimum absolute atomic E-state index is 0.132. The highest BCUT2D eigenvalue weighted by Gasteiger charge is 2.50. The maximum Gasteiger partial charge on any atom is 0.407 e. The Hall–Kier alpha value is -2.92. The number of hydrogen-bond acceptors (Lipinski definition) is 6. The van der Waals surface area contributed by atoms with Crippen LogP contribution < -0.4 is 21.3 Å². The number of nitrogens with zero attached hydrogens (tertiary/aromatic N) is 2. The number of hydrogen-bond donors (Lipinski definition) is 4. The molecule has 242 valence electrons. The quantitative estimate of drug-likeness (QED) is 0.284. The van der Waals surface area contributed by atoms with Crippen LogP contribution in [0.4, 0.5) is 19.2 Å². The number of carbonyl (C=O) groups is 4. The van der Waals surface area contributed by atoms with Gasteiger partial charge in [0, 0.05) is 75.0 Å². The summed E-state index contributed by atoms with van der Waals surface area (Å²) in [6.07, 6.45) is 4.27. The summed E-state index contributed by atoms with van der Waals surface area (Å²) >= 11 is 0. The second-order valence-electron chi connectivity index (χ2n) is 14.2. The number of ether oxygens (including phenoxy) is 2. The summed E-state index contributed by atoms with van der Waals surface area (Å²) in [5.74, 6) is 0. The van der Waals surface area contributed by atoms with Crippen molar-refractivity contribution in [2.75, 3.05) is 27.2 Å². The molecule has 0 aromatic rings. The normalized spacial score (nSPS) is 21.2. The lowest BCUT2D eigenvalue weighted by Gasteiger charge is -2.54. The van der Waals surface area contributed by atoms with Crippen LogP contribution in [0, 0.1) is 0 Å². The average molecular weight is 597 g/mol. The van der Waals surface area contributed by atoms with E-state index in [0.717, 1.165) is 25.7 Å². The standard InChI is InChI=1S/C30H56N6O6/c1-27(2)17-21(18-28(3,4)35(27)23(37)31-9)41-25(39)33-15-13-11-12-14-16-34-26(40)42-22-19-29(5,6)36(24(38)32-10)30(7,8)20-22/h21-22H,11-20H2,1-10H3,(H,31,37)(H,32,38)(H,33,39)(H,34,40). The Balaban J connectivity index is 1.62. The number of carbonyl (C=O) groups excluding carboxylic acids is 4. The molecule has 0 spiro atoms. The molecule has 42 heavy (non-hydrogen) atoms. The number of likely N-dealkylation sites (tertiary alicyclic amines) is 2. The van der Waals surface area contributed by atoms with E-state index in [1.807, 2.05) is 65.2 Å². The van der Waals surface area contributed by atoms with Crippen LogP contribution in [0.5, 0.6) is 0 Å². The molecule has 0 radical (unpaired) electrons. The Morgan fingerprint density at radius 1 is 0.571 bits per heavy atom. The first-order chi connectivity index (χ1) is 19.4. The molecule has 0 aromatic carbocycles. The molecular formula is C30H56N6O6. The molecule has 0 bridgehead atoms. The van der Waals surface area contributed by atoms with Crippen molar-refractivity contribution in [3.05, 3.63) is 0 Å². The van der Waals surface area contributed by atoms with Gasteiger partial charge in [-0.15, -0.1) is 0 Å². The first-order valence-electron chi connectivity index (χ1n) is 15.3. The maximum atomic E-state index is 12.4. The van der Waals surface area contributed by atoms with Crippen LogP contribution in [0.1, 0.15) is 107 Å². The fourth-order valence-corrected chi connectivity index (χ4v) is 7.24. The lowest BCUT2D eigenvalue weighted by atomic mass is 9.78. The van der Waals surface area contributed by atoms with Crippen molar-refractivity contribution in [1.82, 2.24) is 31.1 Å². The van der Waals surface area contributed by atoms with E-state index in [9.17, 15) is 19.2 Å². The van der Waals surface area contributed by atoms with Gasteiger partial charge in [-0.1, -0.05) is 12.8 Å². The van der Waals surface area contributed by atoms with Crippen LogP contribution in [-0.2, 0) is 9.47 Å². The van der Waals surface area contributed by atoms with E-state index in [4.69, 9.17) is 9.47 Å². The van der Waals surface area contributed by atoms with Crippen LogP contribution in [-0.4, -0.2) is 95.6 Å². The predicted octanol–water partition coefficient (Wildman–Crippen LogP) is 4.72. The molecule has 4 N–H and O–H groups in total. The average Bonchev–Trinajstić information content (AvgIpc) is 2.82. The minimum atomic E-state index is -0.454. The second-order valence-corrected chi connectivity index (χ2v) is 14.2. The Morgan fingerprint density at radius 2 is 0.857 bits per heavy atom. The van der Waals surface area contributed by atoms with E-state index in [2.05, 4.69) is 21.3 Å². The highest BCUT2D eigenvalue weighted by atomic mass is 16.6. The van der Waals surface area contributed by atoms with Crippen molar-refractivity contribution >= 4 is 24.2 Å². The lowest BCUT2D eigenvalue weighted by molar-refractivity contribution is -0.0561. The summed E-state index contributed by atoms with van der Waals surface area (Å²) in [7, 11) is 3.25. The summed E-state index contributed by atoms with van der Waals surface area (Å²) in [6.45, 7) is 17.0. The third-order valence-electron chi connectivity index (χ3n) is 8.35. The molecule has 6 amide bonds. The van der Waals surface area contributed by atoms with Crippen molar-refractivity contribution in [2.45, 2.75) is 141 Å². The Kier molecular flexibility index (Phi) is 11.8. The molecule has 12 heteroatoms. The number of rotatable bonds is 9. The molecule has 2 aliphatic heterocycles. The van der Waals surface area contributed by atoms with Crippen molar-refractivity contribution in [1.29, 1.82) is 0 Å². The molecule has 12 nitrogen and oxygen atoms in total. The van der Waals surface area contributed by atoms with Crippen LogP contribution >= 0.6 is 0 Å². The highest BCUT2D eigenvalue weighted by Crippen LogP contribution is 2.40. The molecule has 2 rings (SSSR count). The van der Waals surface area contributed by atoms with Gasteiger partial charge in [-0.3, -0.25) is 0 Å². The first kappa shape index (κ1) is 35.3. The maximum absolute atomic E-state index is 12.4. The lowest BCUT2D eigenvalue weighted by Crippen LogP contribution is -2.66. The van der Waals surface area contributed by atoms with Gasteiger partial charge in [0.1, 0.15) is 12.2 Å². The Morgan fingerprint density at radius 3 is 1.12 bits per heavy atom. The monoisotopic (exact) mass is 596 g/mol. The minimum Gasteiger partial charge on any atom is -0.446 e. The number of nitrogens with one attached hydrogen (secondary N) is 4. The second kappa shape index (κ2) is 14.0. The summed E-state index contributed by atoms with van der Waals surface area (Å²) in [4.78, 5) is 53.4. The fourth-order valence-electron chi connectivity index (χ4n) is 7.24. The van der Waals surface area contributed by atoms with E-state index in [0.29, 0.717) is 38.8 Å². The van der Waals surface area contributed by atoms with Gasteiger partial charge in [-0.2, -0.15) is 0 Å². The van der Waals surface area contributed by atoms with Crippen molar-refractivity contribution in [2.24, 2.45) is 0 Å². The van der Waals surface area contributed by atoms with Crippen LogP contribution in [0.25, 0.3) is 0 Å². The zero-order valence-electron chi connectivity index (χ0n) is 27.6. The zero-order chi connectivity index (χ0) is 31.9. The zero-order valence-corrected chi connectivity index (χ0v) is 27.6. The first-order valence-corrected chi connectivity index (χ1v) is 15.3. The molecule has 0 saturated carbocycles. The summed E-state index contributed by atoms with van der Waals surface area (Å²) < 4.78 is 11.4. The smallest absolute Gasteiger partial charge is 0.407 e. The SMILES string of the molecule is CNC(=O)N1C(C)(C)CC(OC(=O)NCCCCCCNC(=O)OC2CC(C)(C)N(C(=O)NC)C(C)(C)C2)CC1(C)C. The van der Waals surface area contributed by atoms with E-state index in [1.165, 1.54) is 0 Å². The van der Waals surface area contributed by atoms with Crippen molar-refractivity contribution < 1.29 is 28.7 Å². The van der Waals surface area contributed by atoms with Crippen LogP contribution in [0.3, 0.4) is 0 Å². The predicted molar refractivity (Wildman–Crippen MR) is 162 cm³/mol. The Bertz CT molecular complexity index is 854. The number of amides is 6. The third-order valence-corrected chi connectivity index (χ3v) is 8.35. The van der Waals surface area contributed by atoms with Gasteiger partial charge in [0.15, 0.2) is 0 Å². The van der Waals surface area contributed by atoms with Gasteiger partial charge in [-0.05, 0) is 68.2 Å². The molecule has 0 atom stereocenters. The number of urea groups is 2. The molecular weight excluding hydrogens is 540 g/mol. The van der Waals surface area contributed by atoms with E-state index in [1.54, 1.807) is 14.1 Å². The van der Waals surface area contributed by atoms with Gasteiger partial charge in [0.25, 0.3) is 0 Å². The molecule has 0 aliphatic carbocycles. The number of unbranched alkanes of at least 4 members (excludes halogenated alkanes) is 3. The van der Waals surface area contributed by atoms with E-state index < -0.39 is 34.3 Å². The molecule has 2 fully saturated rings. The topological polar surface area (TPSA) is 141 Å². The van der Waals surface area contributed by atoms with Crippen molar-refractivity contribution in [3.63, 3.8) is 0 Å². The number of alkyl carbamates (subject to hydrolysis) is 2. The third kappa shape index (κ3) is 9.29. The van der Waals surface area contributed by atoms with Crippen LogP contribution in [0.2, 0.25) is 0 Å². The largest absolute Gasteiger partial charge is 0.446 e. The summed E-state index contributed by atoms with van der Waals surface area (Å²) in [6, 6.07) is -0.263. The molecule has 0 unspecified atom stereocenters. The molecule has 2 aliphatic rings.